The molecule has 10 heteroatoms. The SMILES string of the molecule is COc1ccc(C2C(C(=O)c3cc4cc(Cl)cc(OC)c4o3)=C(O)C(=O)N2c2cccc(Cl)c2)cc1O. The molecular formula is C27H19Cl2NO7. The number of ketones is 1. The summed E-state index contributed by atoms with van der Waals surface area (Å²) in [4.78, 5) is 28.4. The number of fused-ring (bicyclic) bond motifs is 1. The maximum atomic E-state index is 13.8. The maximum absolute atomic E-state index is 13.8. The van der Waals surface area contributed by atoms with Crippen LogP contribution in [0.2, 0.25) is 10.0 Å². The summed E-state index contributed by atoms with van der Waals surface area (Å²) >= 11 is 12.3. The Morgan fingerprint density at radius 2 is 1.70 bits per heavy atom. The number of nitrogens with zero attached hydrogens (tertiary/aromatic N) is 1. The number of aromatic hydroxyl groups is 1. The fraction of sp³-hybridized carbons (Fsp3) is 0.111. The molecule has 2 N–H and O–H groups in total. The van der Waals surface area contributed by atoms with Crippen LogP contribution >= 0.6 is 23.2 Å². The highest BCUT2D eigenvalue weighted by molar-refractivity contribution is 6.32. The molecule has 4 aromatic rings. The lowest BCUT2D eigenvalue weighted by Crippen LogP contribution is -2.31. The molecule has 1 atom stereocenters. The number of Topliss-reactive ketones (excluding diaryl/α,β-unsaturated/α-hetero) is 1. The molecule has 0 bridgehead atoms. The molecule has 0 fully saturated rings. The van der Waals surface area contributed by atoms with Gasteiger partial charge in [0.25, 0.3) is 5.91 Å². The van der Waals surface area contributed by atoms with Crippen LogP contribution in [0.1, 0.15) is 22.2 Å². The zero-order chi connectivity index (χ0) is 26.4. The van der Waals surface area contributed by atoms with Gasteiger partial charge in [-0.2, -0.15) is 0 Å². The predicted octanol–water partition coefficient (Wildman–Crippen LogP) is 6.25. The number of rotatable bonds is 6. The third-order valence-corrected chi connectivity index (χ3v) is 6.50. The monoisotopic (exact) mass is 539 g/mol. The lowest BCUT2D eigenvalue weighted by atomic mass is 9.94. The second-order valence-corrected chi connectivity index (χ2v) is 9.09. The number of phenolic OH excluding ortho intramolecular Hbond substituents is 1. The summed E-state index contributed by atoms with van der Waals surface area (Å²) in [5, 5.41) is 22.6. The fourth-order valence-electron chi connectivity index (χ4n) is 4.40. The van der Waals surface area contributed by atoms with Crippen LogP contribution in [0.15, 0.2) is 76.4 Å². The van der Waals surface area contributed by atoms with Gasteiger partial charge in [0.2, 0.25) is 5.78 Å². The molecule has 0 aliphatic carbocycles. The van der Waals surface area contributed by atoms with Crippen LogP contribution in [-0.4, -0.2) is 36.1 Å². The van der Waals surface area contributed by atoms with Gasteiger partial charge in [0.15, 0.2) is 34.4 Å². The molecule has 1 aliphatic rings. The summed E-state index contributed by atoms with van der Waals surface area (Å²) in [5.41, 5.74) is 0.727. The normalized spacial score (nSPS) is 15.5. The number of furan rings is 1. The van der Waals surface area contributed by atoms with Crippen molar-refractivity contribution in [2.75, 3.05) is 19.1 Å². The van der Waals surface area contributed by atoms with Gasteiger partial charge in [0.05, 0.1) is 25.8 Å². The number of aliphatic hydroxyl groups excluding tert-OH is 1. The highest BCUT2D eigenvalue weighted by Gasteiger charge is 2.45. The topological polar surface area (TPSA) is 109 Å². The van der Waals surface area contributed by atoms with Gasteiger partial charge in [0.1, 0.15) is 0 Å². The zero-order valence-corrected chi connectivity index (χ0v) is 21.0. The summed E-state index contributed by atoms with van der Waals surface area (Å²) < 4.78 is 16.2. The van der Waals surface area contributed by atoms with E-state index in [1.165, 1.54) is 43.4 Å². The first kappa shape index (κ1) is 24.5. The Morgan fingerprint density at radius 3 is 2.38 bits per heavy atom. The number of benzene rings is 3. The van der Waals surface area contributed by atoms with E-state index in [2.05, 4.69) is 0 Å². The second-order valence-electron chi connectivity index (χ2n) is 8.22. The minimum absolute atomic E-state index is 0.138. The van der Waals surface area contributed by atoms with Gasteiger partial charge < -0.3 is 24.1 Å². The van der Waals surface area contributed by atoms with Crippen molar-refractivity contribution >= 4 is 51.5 Å². The number of methoxy groups -OCH3 is 2. The van der Waals surface area contributed by atoms with E-state index in [1.807, 2.05) is 0 Å². The van der Waals surface area contributed by atoms with Crippen LogP contribution < -0.4 is 14.4 Å². The Kier molecular flexibility index (Phi) is 6.23. The van der Waals surface area contributed by atoms with E-state index in [4.69, 9.17) is 37.1 Å². The van der Waals surface area contributed by atoms with Crippen molar-refractivity contribution in [1.82, 2.24) is 0 Å². The molecule has 188 valence electrons. The van der Waals surface area contributed by atoms with Crippen LogP contribution in [0, 0.1) is 0 Å². The van der Waals surface area contributed by atoms with E-state index in [1.54, 1.807) is 36.4 Å². The van der Waals surface area contributed by atoms with Crippen molar-refractivity contribution in [2.24, 2.45) is 0 Å². The number of carbonyl (C=O) groups is 2. The molecule has 3 aromatic carbocycles. The molecule has 1 unspecified atom stereocenters. The molecule has 0 spiro atoms. The van der Waals surface area contributed by atoms with E-state index in [9.17, 15) is 19.8 Å². The lowest BCUT2D eigenvalue weighted by molar-refractivity contribution is -0.117. The van der Waals surface area contributed by atoms with E-state index in [0.717, 1.165) is 0 Å². The molecule has 2 heterocycles. The Balaban J connectivity index is 1.68. The number of anilines is 1. The van der Waals surface area contributed by atoms with E-state index in [-0.39, 0.29) is 28.4 Å². The number of halogens is 2. The molecule has 1 aliphatic heterocycles. The summed E-state index contributed by atoms with van der Waals surface area (Å²) in [5.74, 6) is -2.13. The molecule has 8 nitrogen and oxygen atoms in total. The highest BCUT2D eigenvalue weighted by atomic mass is 35.5. The van der Waals surface area contributed by atoms with Gasteiger partial charge in [-0.3, -0.25) is 14.5 Å². The van der Waals surface area contributed by atoms with Crippen molar-refractivity contribution < 1.29 is 33.7 Å². The van der Waals surface area contributed by atoms with Crippen LogP contribution in [-0.2, 0) is 4.79 Å². The van der Waals surface area contributed by atoms with Crippen molar-refractivity contribution in [3.8, 4) is 17.2 Å². The third kappa shape index (κ3) is 4.14. The van der Waals surface area contributed by atoms with E-state index >= 15 is 0 Å². The molecule has 0 radical (unpaired) electrons. The lowest BCUT2D eigenvalue weighted by Gasteiger charge is -2.27. The Morgan fingerprint density at radius 1 is 0.946 bits per heavy atom. The van der Waals surface area contributed by atoms with E-state index in [0.29, 0.717) is 32.4 Å². The first-order valence-electron chi connectivity index (χ1n) is 10.9. The average molecular weight is 540 g/mol. The minimum Gasteiger partial charge on any atom is -0.504 e. The van der Waals surface area contributed by atoms with Gasteiger partial charge in [-0.1, -0.05) is 35.3 Å². The van der Waals surface area contributed by atoms with E-state index < -0.39 is 23.5 Å². The van der Waals surface area contributed by atoms with Crippen LogP contribution in [0.3, 0.4) is 0 Å². The van der Waals surface area contributed by atoms with Crippen LogP contribution in [0.4, 0.5) is 5.69 Å². The molecule has 0 saturated carbocycles. The van der Waals surface area contributed by atoms with Crippen molar-refractivity contribution in [2.45, 2.75) is 6.04 Å². The Bertz CT molecular complexity index is 1610. The average Bonchev–Trinajstić information content (AvgIpc) is 3.42. The fourth-order valence-corrected chi connectivity index (χ4v) is 4.81. The molecular weight excluding hydrogens is 521 g/mol. The van der Waals surface area contributed by atoms with Crippen molar-refractivity contribution in [3.05, 3.63) is 93.4 Å². The van der Waals surface area contributed by atoms with Gasteiger partial charge >= 0.3 is 0 Å². The zero-order valence-electron chi connectivity index (χ0n) is 19.5. The maximum Gasteiger partial charge on any atom is 0.294 e. The second kappa shape index (κ2) is 9.38. The smallest absolute Gasteiger partial charge is 0.294 e. The first-order chi connectivity index (χ1) is 17.7. The summed E-state index contributed by atoms with van der Waals surface area (Å²) in [6.07, 6.45) is 0. The number of aliphatic hydroxyl groups is 1. The summed E-state index contributed by atoms with van der Waals surface area (Å²) in [6, 6.07) is 14.4. The molecule has 1 amide bonds. The van der Waals surface area contributed by atoms with Gasteiger partial charge in [-0.25, -0.2) is 0 Å². The van der Waals surface area contributed by atoms with Gasteiger partial charge in [-0.05, 0) is 48.0 Å². The largest absolute Gasteiger partial charge is 0.504 e. The number of hydrogen-bond donors (Lipinski definition) is 2. The van der Waals surface area contributed by atoms with Crippen molar-refractivity contribution in [3.63, 3.8) is 0 Å². The molecule has 37 heavy (non-hydrogen) atoms. The highest BCUT2D eigenvalue weighted by Crippen LogP contribution is 2.45. The third-order valence-electron chi connectivity index (χ3n) is 6.05. The number of carbonyl (C=O) groups excluding carboxylic acids is 2. The summed E-state index contributed by atoms with van der Waals surface area (Å²) in [6.45, 7) is 0. The number of phenols is 1. The number of ether oxygens (including phenoxy) is 2. The Hall–Kier alpha value is -4.14. The summed E-state index contributed by atoms with van der Waals surface area (Å²) in [7, 11) is 2.84. The first-order valence-corrected chi connectivity index (χ1v) is 11.7. The van der Waals surface area contributed by atoms with Crippen LogP contribution in [0.25, 0.3) is 11.0 Å². The standard InChI is InChI=1S/C27H19Cl2NO7/c1-35-19-7-6-13(9-18(19)31)23-22(25(33)27(34)30(23)17-5-3-4-15(28)11-17)24(32)20-10-14-8-16(29)12-21(36-2)26(14)37-20/h3-12,23,31,33H,1-2H3. The number of hydrogen-bond acceptors (Lipinski definition) is 7. The predicted molar refractivity (Wildman–Crippen MR) is 138 cm³/mol. The quantitative estimate of drug-likeness (QED) is 0.279. The van der Waals surface area contributed by atoms with Gasteiger partial charge in [-0.15, -0.1) is 0 Å². The molecule has 0 saturated heterocycles. The minimum atomic E-state index is -1.12. The number of amides is 1. The van der Waals surface area contributed by atoms with Crippen LogP contribution in [0.5, 0.6) is 17.2 Å². The van der Waals surface area contributed by atoms with Gasteiger partial charge in [0, 0.05) is 27.2 Å². The molecule has 1 aromatic heterocycles. The van der Waals surface area contributed by atoms with Crippen molar-refractivity contribution in [1.29, 1.82) is 0 Å². The molecule has 5 rings (SSSR count). The Labute approximate surface area is 220 Å².